The standard InChI is InChI=1S/C8H8N2O4S2/c1-16(12,13)4-6-9-8(14-10-6)7-5(11)2-3-15-7/h2-3,11H,4H2,1H3. The van der Waals surface area contributed by atoms with Crippen LogP contribution in [0.3, 0.4) is 0 Å². The number of rotatable bonds is 3. The first kappa shape index (κ1) is 11.1. The van der Waals surface area contributed by atoms with Gasteiger partial charge < -0.3 is 9.63 Å². The Bertz CT molecular complexity index is 599. The van der Waals surface area contributed by atoms with Crippen LogP contribution in [0.1, 0.15) is 5.82 Å². The van der Waals surface area contributed by atoms with E-state index in [0.717, 1.165) is 6.26 Å². The normalized spacial score (nSPS) is 11.8. The molecular weight excluding hydrogens is 252 g/mol. The molecule has 0 amide bonds. The molecular formula is C8H8N2O4S2. The molecule has 6 nitrogen and oxygen atoms in total. The summed E-state index contributed by atoms with van der Waals surface area (Å²) < 4.78 is 26.9. The molecule has 0 saturated carbocycles. The van der Waals surface area contributed by atoms with Crippen molar-refractivity contribution in [1.82, 2.24) is 10.1 Å². The molecule has 0 aromatic carbocycles. The lowest BCUT2D eigenvalue weighted by atomic mass is 10.4. The third-order valence-corrected chi connectivity index (χ3v) is 3.37. The zero-order valence-electron chi connectivity index (χ0n) is 8.24. The van der Waals surface area contributed by atoms with Gasteiger partial charge in [-0.05, 0) is 11.4 Å². The molecule has 0 fully saturated rings. The highest BCUT2D eigenvalue weighted by Gasteiger charge is 2.16. The summed E-state index contributed by atoms with van der Waals surface area (Å²) in [5.74, 6) is -0.0150. The maximum atomic E-state index is 11.0. The van der Waals surface area contributed by atoms with Gasteiger partial charge in [-0.15, -0.1) is 11.3 Å². The highest BCUT2D eigenvalue weighted by Crippen LogP contribution is 2.33. The molecule has 2 heterocycles. The maximum absolute atomic E-state index is 11.0. The predicted molar refractivity (Wildman–Crippen MR) is 57.8 cm³/mol. The summed E-state index contributed by atoms with van der Waals surface area (Å²) in [6, 6.07) is 1.50. The van der Waals surface area contributed by atoms with Gasteiger partial charge in [-0.25, -0.2) is 8.42 Å². The fourth-order valence-corrected chi connectivity index (χ4v) is 2.39. The van der Waals surface area contributed by atoms with Crippen molar-refractivity contribution in [2.45, 2.75) is 5.75 Å². The average molecular weight is 260 g/mol. The van der Waals surface area contributed by atoms with E-state index in [9.17, 15) is 13.5 Å². The van der Waals surface area contributed by atoms with Crippen LogP contribution in [0.5, 0.6) is 5.75 Å². The van der Waals surface area contributed by atoms with E-state index in [1.54, 1.807) is 5.38 Å². The number of hydrogen-bond acceptors (Lipinski definition) is 7. The third kappa shape index (κ3) is 2.39. The number of thiophene rings is 1. The minimum Gasteiger partial charge on any atom is -0.506 e. The van der Waals surface area contributed by atoms with Gasteiger partial charge in [0.05, 0.1) is 0 Å². The van der Waals surface area contributed by atoms with E-state index >= 15 is 0 Å². The summed E-state index contributed by atoms with van der Waals surface area (Å²) in [4.78, 5) is 4.33. The quantitative estimate of drug-likeness (QED) is 0.886. The van der Waals surface area contributed by atoms with Gasteiger partial charge in [-0.3, -0.25) is 0 Å². The molecule has 16 heavy (non-hydrogen) atoms. The van der Waals surface area contributed by atoms with Gasteiger partial charge in [-0.2, -0.15) is 4.98 Å². The fourth-order valence-electron chi connectivity index (χ4n) is 1.10. The summed E-state index contributed by atoms with van der Waals surface area (Å²) in [7, 11) is -3.19. The predicted octanol–water partition coefficient (Wildman–Crippen LogP) is 1.05. The molecule has 8 heteroatoms. The second-order valence-electron chi connectivity index (χ2n) is 3.22. The van der Waals surface area contributed by atoms with E-state index in [4.69, 9.17) is 4.52 Å². The number of sulfone groups is 1. The molecule has 0 spiro atoms. The Hall–Kier alpha value is -1.41. The lowest BCUT2D eigenvalue weighted by Crippen LogP contribution is -2.02. The first-order valence-electron chi connectivity index (χ1n) is 4.23. The number of nitrogens with zero attached hydrogens (tertiary/aromatic N) is 2. The highest BCUT2D eigenvalue weighted by molar-refractivity contribution is 7.89. The smallest absolute Gasteiger partial charge is 0.271 e. The number of hydrogen-bond donors (Lipinski definition) is 1. The van der Waals surface area contributed by atoms with Crippen LogP contribution in [0.25, 0.3) is 10.8 Å². The van der Waals surface area contributed by atoms with Gasteiger partial charge in [0.15, 0.2) is 15.7 Å². The molecule has 2 aromatic rings. The van der Waals surface area contributed by atoms with Crippen molar-refractivity contribution < 1.29 is 18.0 Å². The Morgan fingerprint density at radius 3 is 2.88 bits per heavy atom. The van der Waals surface area contributed by atoms with Gasteiger partial charge >= 0.3 is 0 Å². The molecule has 2 rings (SSSR count). The highest BCUT2D eigenvalue weighted by atomic mass is 32.2. The Morgan fingerprint density at radius 1 is 1.56 bits per heavy atom. The molecule has 0 aliphatic heterocycles. The van der Waals surface area contributed by atoms with Crippen LogP contribution in [-0.4, -0.2) is 29.9 Å². The van der Waals surface area contributed by atoms with E-state index < -0.39 is 9.84 Å². The van der Waals surface area contributed by atoms with Crippen molar-refractivity contribution in [2.75, 3.05) is 6.26 Å². The molecule has 0 aliphatic rings. The molecule has 0 saturated heterocycles. The van der Waals surface area contributed by atoms with Crippen LogP contribution in [-0.2, 0) is 15.6 Å². The molecule has 2 aromatic heterocycles. The van der Waals surface area contributed by atoms with Crippen molar-refractivity contribution in [3.05, 3.63) is 17.3 Å². The molecule has 0 unspecified atom stereocenters. The Balaban J connectivity index is 2.30. The van der Waals surface area contributed by atoms with Crippen LogP contribution in [0.15, 0.2) is 16.0 Å². The first-order chi connectivity index (χ1) is 7.46. The SMILES string of the molecule is CS(=O)(=O)Cc1noc(-c2sccc2O)n1. The van der Waals surface area contributed by atoms with Crippen molar-refractivity contribution in [3.63, 3.8) is 0 Å². The third-order valence-electron chi connectivity index (χ3n) is 1.70. The maximum Gasteiger partial charge on any atom is 0.271 e. The van der Waals surface area contributed by atoms with Gasteiger partial charge in [0.25, 0.3) is 5.89 Å². The van der Waals surface area contributed by atoms with E-state index in [1.165, 1.54) is 17.4 Å². The Kier molecular flexibility index (Phi) is 2.68. The monoisotopic (exact) mass is 260 g/mol. The van der Waals surface area contributed by atoms with Gasteiger partial charge in [0, 0.05) is 6.26 Å². The second kappa shape index (κ2) is 3.87. The molecule has 86 valence electrons. The zero-order valence-corrected chi connectivity index (χ0v) is 9.88. The van der Waals surface area contributed by atoms with Gasteiger partial charge in [0.2, 0.25) is 0 Å². The minimum atomic E-state index is -3.19. The van der Waals surface area contributed by atoms with E-state index in [-0.39, 0.29) is 23.2 Å². The second-order valence-corrected chi connectivity index (χ2v) is 6.28. The largest absolute Gasteiger partial charge is 0.506 e. The van der Waals surface area contributed by atoms with E-state index in [1.807, 2.05) is 0 Å². The summed E-state index contributed by atoms with van der Waals surface area (Å²) in [5, 5.41) is 14.6. The lowest BCUT2D eigenvalue weighted by molar-refractivity contribution is 0.420. The minimum absolute atomic E-state index is 0.0413. The summed E-state index contributed by atoms with van der Waals surface area (Å²) >= 11 is 1.24. The Morgan fingerprint density at radius 2 is 2.31 bits per heavy atom. The van der Waals surface area contributed by atoms with Crippen LogP contribution < -0.4 is 0 Å². The van der Waals surface area contributed by atoms with Crippen molar-refractivity contribution in [1.29, 1.82) is 0 Å². The van der Waals surface area contributed by atoms with Gasteiger partial charge in [-0.1, -0.05) is 5.16 Å². The summed E-state index contributed by atoms with van der Waals surface area (Å²) in [6.07, 6.45) is 1.09. The van der Waals surface area contributed by atoms with Crippen molar-refractivity contribution in [3.8, 4) is 16.5 Å². The van der Waals surface area contributed by atoms with E-state index in [2.05, 4.69) is 10.1 Å². The molecule has 0 radical (unpaired) electrons. The molecule has 0 bridgehead atoms. The fraction of sp³-hybridized carbons (Fsp3) is 0.250. The van der Waals surface area contributed by atoms with Crippen molar-refractivity contribution in [2.24, 2.45) is 0 Å². The van der Waals surface area contributed by atoms with Crippen LogP contribution in [0, 0.1) is 0 Å². The zero-order chi connectivity index (χ0) is 11.8. The molecule has 1 N–H and O–H groups in total. The summed E-state index contributed by atoms with van der Waals surface area (Å²) in [6.45, 7) is 0. The molecule has 0 aliphatic carbocycles. The average Bonchev–Trinajstić information content (AvgIpc) is 2.71. The lowest BCUT2D eigenvalue weighted by Gasteiger charge is -1.89. The number of aromatic nitrogens is 2. The first-order valence-corrected chi connectivity index (χ1v) is 7.17. The Labute approximate surface area is 95.5 Å². The van der Waals surface area contributed by atoms with E-state index in [0.29, 0.717) is 4.88 Å². The van der Waals surface area contributed by atoms with Crippen molar-refractivity contribution >= 4 is 21.2 Å². The summed E-state index contributed by atoms with van der Waals surface area (Å²) in [5.41, 5.74) is 0. The van der Waals surface area contributed by atoms with Gasteiger partial charge in [0.1, 0.15) is 16.4 Å². The van der Waals surface area contributed by atoms with Crippen LogP contribution in [0.2, 0.25) is 0 Å². The van der Waals surface area contributed by atoms with Crippen LogP contribution >= 0.6 is 11.3 Å². The van der Waals surface area contributed by atoms with Crippen LogP contribution in [0.4, 0.5) is 0 Å². The number of aromatic hydroxyl groups is 1. The topological polar surface area (TPSA) is 93.3 Å². The molecule has 0 atom stereocenters.